The number of carbonyl (C=O) groups excluding carboxylic acids is 3. The Balaban J connectivity index is 2.74. The van der Waals surface area contributed by atoms with Crippen LogP contribution >= 0.6 is 0 Å². The molecule has 0 radical (unpaired) electrons. The van der Waals surface area contributed by atoms with Gasteiger partial charge in [-0.05, 0) is 39.2 Å². The van der Waals surface area contributed by atoms with Crippen LogP contribution in [-0.2, 0) is 23.9 Å². The quantitative estimate of drug-likeness (QED) is 0.629. The number of ether oxygens (including phenoxy) is 2. The van der Waals surface area contributed by atoms with Crippen LogP contribution in [0.2, 0.25) is 0 Å². The van der Waals surface area contributed by atoms with E-state index in [2.05, 4.69) is 0 Å². The van der Waals surface area contributed by atoms with E-state index >= 15 is 0 Å². The van der Waals surface area contributed by atoms with Crippen molar-refractivity contribution in [2.45, 2.75) is 70.4 Å². The Labute approximate surface area is 135 Å². The van der Waals surface area contributed by atoms with Gasteiger partial charge in [-0.3, -0.25) is 9.59 Å². The molecule has 7 nitrogen and oxygen atoms in total. The van der Waals surface area contributed by atoms with E-state index in [9.17, 15) is 24.6 Å². The van der Waals surface area contributed by atoms with Crippen molar-refractivity contribution in [3.8, 4) is 0 Å². The molecule has 0 bridgehead atoms. The van der Waals surface area contributed by atoms with Crippen molar-refractivity contribution in [1.29, 1.82) is 0 Å². The SMILES string of the molecule is C[C@@H]1CCC(=O)[C@H](O)CC(=O)O[C@H](C)CC[C@@H](O)C=CC(=O)O1. The van der Waals surface area contributed by atoms with Gasteiger partial charge in [-0.25, -0.2) is 4.79 Å². The fourth-order valence-corrected chi connectivity index (χ4v) is 2.10. The first-order chi connectivity index (χ1) is 10.8. The monoisotopic (exact) mass is 328 g/mol. The van der Waals surface area contributed by atoms with Gasteiger partial charge in [0.2, 0.25) is 0 Å². The lowest BCUT2D eigenvalue weighted by molar-refractivity contribution is -0.153. The highest BCUT2D eigenvalue weighted by Gasteiger charge is 2.22. The molecule has 0 saturated heterocycles. The summed E-state index contributed by atoms with van der Waals surface area (Å²) < 4.78 is 10.1. The number of esters is 2. The molecule has 23 heavy (non-hydrogen) atoms. The molecule has 7 heteroatoms. The van der Waals surface area contributed by atoms with E-state index in [1.807, 2.05) is 0 Å². The van der Waals surface area contributed by atoms with Crippen LogP contribution in [0.1, 0.15) is 46.0 Å². The second kappa shape index (κ2) is 9.42. The van der Waals surface area contributed by atoms with Crippen molar-refractivity contribution in [3.63, 3.8) is 0 Å². The molecule has 1 aliphatic rings. The van der Waals surface area contributed by atoms with E-state index < -0.39 is 48.6 Å². The Hall–Kier alpha value is -1.73. The average Bonchev–Trinajstić information content (AvgIpc) is 2.47. The number of aliphatic hydroxyl groups is 2. The number of rotatable bonds is 0. The molecule has 0 unspecified atom stereocenters. The molecule has 0 aliphatic carbocycles. The Kier molecular flexibility index (Phi) is 7.91. The molecule has 0 spiro atoms. The van der Waals surface area contributed by atoms with E-state index in [1.54, 1.807) is 13.8 Å². The van der Waals surface area contributed by atoms with Gasteiger partial charge < -0.3 is 19.7 Å². The Morgan fingerprint density at radius 3 is 2.35 bits per heavy atom. The summed E-state index contributed by atoms with van der Waals surface area (Å²) in [6.45, 7) is 3.28. The zero-order valence-electron chi connectivity index (χ0n) is 13.4. The summed E-state index contributed by atoms with van der Waals surface area (Å²) in [7, 11) is 0. The van der Waals surface area contributed by atoms with E-state index in [1.165, 1.54) is 6.08 Å². The molecule has 130 valence electrons. The third-order valence-electron chi connectivity index (χ3n) is 3.50. The number of hydrogen-bond donors (Lipinski definition) is 2. The fourth-order valence-electron chi connectivity index (χ4n) is 2.10. The third-order valence-corrected chi connectivity index (χ3v) is 3.50. The average molecular weight is 328 g/mol. The largest absolute Gasteiger partial charge is 0.463 e. The minimum absolute atomic E-state index is 0.00914. The van der Waals surface area contributed by atoms with Gasteiger partial charge in [-0.2, -0.15) is 0 Å². The molecule has 0 saturated carbocycles. The van der Waals surface area contributed by atoms with Crippen molar-refractivity contribution in [2.24, 2.45) is 0 Å². The zero-order chi connectivity index (χ0) is 17.4. The second-order valence-corrected chi connectivity index (χ2v) is 5.78. The standard InChI is InChI=1S/C16H24O7/c1-10-3-5-12(17)6-8-15(20)22-11(2)4-7-13(18)14(19)9-16(21)23-10/h6,8,10-12,14,17,19H,3-5,7,9H2,1-2H3/t10-,11-,12-,14-/m1/s1. The topological polar surface area (TPSA) is 110 Å². The number of carbonyl (C=O) groups is 3. The molecule has 0 aromatic rings. The fraction of sp³-hybridized carbons (Fsp3) is 0.688. The van der Waals surface area contributed by atoms with Gasteiger partial charge in [0, 0.05) is 12.5 Å². The third kappa shape index (κ3) is 7.90. The molecule has 0 fully saturated rings. The van der Waals surface area contributed by atoms with Crippen LogP contribution < -0.4 is 0 Å². The number of aliphatic hydroxyl groups excluding tert-OH is 2. The van der Waals surface area contributed by atoms with E-state index in [0.717, 1.165) is 6.08 Å². The molecule has 2 N–H and O–H groups in total. The summed E-state index contributed by atoms with van der Waals surface area (Å²) >= 11 is 0. The first-order valence-corrected chi connectivity index (χ1v) is 7.75. The van der Waals surface area contributed by atoms with Crippen molar-refractivity contribution in [2.75, 3.05) is 0 Å². The number of cyclic esters (lactones) is 2. The van der Waals surface area contributed by atoms with Crippen LogP contribution in [-0.4, -0.2) is 52.4 Å². The molecule has 1 aliphatic heterocycles. The highest BCUT2D eigenvalue weighted by atomic mass is 16.5. The first kappa shape index (κ1) is 19.3. The zero-order valence-corrected chi connectivity index (χ0v) is 13.4. The van der Waals surface area contributed by atoms with Crippen LogP contribution in [0.3, 0.4) is 0 Å². The minimum Gasteiger partial charge on any atom is -0.463 e. The number of hydrogen-bond acceptors (Lipinski definition) is 7. The summed E-state index contributed by atoms with van der Waals surface area (Å²) in [5.74, 6) is -1.75. The van der Waals surface area contributed by atoms with Gasteiger partial charge in [0.25, 0.3) is 0 Å². The van der Waals surface area contributed by atoms with Crippen molar-refractivity contribution in [3.05, 3.63) is 12.2 Å². The predicted octanol–water partition coefficient (Wildman–Crippen LogP) is 0.661. The van der Waals surface area contributed by atoms with Gasteiger partial charge in [0.15, 0.2) is 5.78 Å². The molecule has 4 atom stereocenters. The Morgan fingerprint density at radius 1 is 1.00 bits per heavy atom. The van der Waals surface area contributed by atoms with Crippen molar-refractivity contribution < 1.29 is 34.1 Å². The van der Waals surface area contributed by atoms with Crippen LogP contribution in [0.5, 0.6) is 0 Å². The lowest BCUT2D eigenvalue weighted by Crippen LogP contribution is -2.28. The minimum atomic E-state index is -1.42. The lowest BCUT2D eigenvalue weighted by atomic mass is 10.1. The molecule has 0 aromatic carbocycles. The summed E-state index contributed by atoms with van der Waals surface area (Å²) in [6.07, 6.45) is -0.274. The van der Waals surface area contributed by atoms with Crippen molar-refractivity contribution in [1.82, 2.24) is 0 Å². The maximum Gasteiger partial charge on any atom is 0.330 e. The van der Waals surface area contributed by atoms with Crippen LogP contribution in [0.4, 0.5) is 0 Å². The Morgan fingerprint density at radius 2 is 1.65 bits per heavy atom. The van der Waals surface area contributed by atoms with Gasteiger partial charge in [0.05, 0.1) is 24.7 Å². The normalized spacial score (nSPS) is 32.3. The Bertz CT molecular complexity index is 457. The predicted molar refractivity (Wildman–Crippen MR) is 80.4 cm³/mol. The second-order valence-electron chi connectivity index (χ2n) is 5.78. The smallest absolute Gasteiger partial charge is 0.330 e. The van der Waals surface area contributed by atoms with E-state index in [0.29, 0.717) is 12.8 Å². The number of Topliss-reactive ketones (excluding diaryl/α,β-unsaturated/α-hetero) is 1. The maximum atomic E-state index is 11.8. The van der Waals surface area contributed by atoms with E-state index in [4.69, 9.17) is 9.47 Å². The van der Waals surface area contributed by atoms with Gasteiger partial charge in [-0.15, -0.1) is 0 Å². The van der Waals surface area contributed by atoms with Gasteiger partial charge in [0.1, 0.15) is 6.10 Å². The first-order valence-electron chi connectivity index (χ1n) is 7.75. The highest BCUT2D eigenvalue weighted by Crippen LogP contribution is 2.11. The molecule has 1 rings (SSSR count). The van der Waals surface area contributed by atoms with Gasteiger partial charge in [-0.1, -0.05) is 0 Å². The highest BCUT2D eigenvalue weighted by molar-refractivity contribution is 5.87. The summed E-state index contributed by atoms with van der Waals surface area (Å²) in [4.78, 5) is 35.0. The van der Waals surface area contributed by atoms with Crippen molar-refractivity contribution >= 4 is 17.7 Å². The molecule has 0 amide bonds. The summed E-state index contributed by atoms with van der Waals surface area (Å²) in [6, 6.07) is 0. The van der Waals surface area contributed by atoms with Crippen LogP contribution in [0.25, 0.3) is 0 Å². The summed E-state index contributed by atoms with van der Waals surface area (Å²) in [5, 5.41) is 19.5. The number of ketones is 1. The molecular formula is C16H24O7. The van der Waals surface area contributed by atoms with Gasteiger partial charge >= 0.3 is 11.9 Å². The molecule has 0 aromatic heterocycles. The van der Waals surface area contributed by atoms with Crippen LogP contribution in [0.15, 0.2) is 12.2 Å². The van der Waals surface area contributed by atoms with Crippen LogP contribution in [0, 0.1) is 0 Å². The maximum absolute atomic E-state index is 11.8. The summed E-state index contributed by atoms with van der Waals surface area (Å²) in [5.41, 5.74) is 0. The molecule has 1 heterocycles. The molecular weight excluding hydrogens is 304 g/mol. The van der Waals surface area contributed by atoms with E-state index in [-0.39, 0.29) is 12.8 Å². The lowest BCUT2D eigenvalue weighted by Gasteiger charge is -2.17.